The minimum atomic E-state index is -0.505. The lowest BCUT2D eigenvalue weighted by molar-refractivity contribution is 0.618. The highest BCUT2D eigenvalue weighted by atomic mass is 35.5. The van der Waals surface area contributed by atoms with Crippen LogP contribution in [0.25, 0.3) is 22.2 Å². The van der Waals surface area contributed by atoms with Crippen molar-refractivity contribution >= 4 is 22.5 Å². The molecule has 0 spiro atoms. The van der Waals surface area contributed by atoms with E-state index < -0.39 is 5.82 Å². The van der Waals surface area contributed by atoms with Gasteiger partial charge in [-0.05, 0) is 23.7 Å². The van der Waals surface area contributed by atoms with Gasteiger partial charge in [-0.1, -0.05) is 18.2 Å². The maximum atomic E-state index is 13.7. The topological polar surface area (TPSA) is 38.7 Å². The molecule has 0 aliphatic heterocycles. The molecule has 2 heterocycles. The number of nitrogens with zero attached hydrogens (tertiary/aromatic N) is 3. The van der Waals surface area contributed by atoms with Crippen molar-refractivity contribution in [3.8, 4) is 11.3 Å². The summed E-state index contributed by atoms with van der Waals surface area (Å²) in [6.07, 6.45) is 2.75. The fourth-order valence-corrected chi connectivity index (χ4v) is 1.90. The maximum Gasteiger partial charge on any atom is 0.223 e. The van der Waals surface area contributed by atoms with Crippen LogP contribution in [0.4, 0.5) is 4.39 Å². The van der Waals surface area contributed by atoms with E-state index in [1.54, 1.807) is 18.3 Å². The summed E-state index contributed by atoms with van der Waals surface area (Å²) in [5.41, 5.74) is 1.59. The van der Waals surface area contributed by atoms with E-state index in [4.69, 9.17) is 11.6 Å². The van der Waals surface area contributed by atoms with Crippen LogP contribution >= 0.6 is 11.6 Å². The van der Waals surface area contributed by atoms with Crippen molar-refractivity contribution in [2.45, 2.75) is 0 Å². The molecule has 0 N–H and O–H groups in total. The molecule has 0 saturated carbocycles. The van der Waals surface area contributed by atoms with Crippen LogP contribution in [0, 0.1) is 5.82 Å². The minimum Gasteiger partial charge on any atom is -0.256 e. The van der Waals surface area contributed by atoms with Gasteiger partial charge in [-0.2, -0.15) is 0 Å². The van der Waals surface area contributed by atoms with Crippen LogP contribution in [0.1, 0.15) is 0 Å². The zero-order chi connectivity index (χ0) is 12.5. The van der Waals surface area contributed by atoms with Gasteiger partial charge in [0.1, 0.15) is 5.69 Å². The Balaban J connectivity index is 2.22. The number of pyridine rings is 1. The van der Waals surface area contributed by atoms with Crippen LogP contribution in [0.3, 0.4) is 0 Å². The highest BCUT2D eigenvalue weighted by molar-refractivity contribution is 6.28. The maximum absolute atomic E-state index is 13.7. The van der Waals surface area contributed by atoms with Crippen LogP contribution in [-0.2, 0) is 0 Å². The Morgan fingerprint density at radius 2 is 2.00 bits per heavy atom. The van der Waals surface area contributed by atoms with Crippen molar-refractivity contribution in [2.75, 3.05) is 0 Å². The second kappa shape index (κ2) is 4.31. The summed E-state index contributed by atoms with van der Waals surface area (Å²) < 4.78 is 13.7. The Hall–Kier alpha value is -2.07. The van der Waals surface area contributed by atoms with E-state index in [1.807, 2.05) is 18.2 Å². The molecular weight excluding hydrogens is 253 g/mol. The third-order valence-electron chi connectivity index (χ3n) is 2.59. The second-order valence-corrected chi connectivity index (χ2v) is 4.08. The summed E-state index contributed by atoms with van der Waals surface area (Å²) in [5, 5.41) is 1.01. The van der Waals surface area contributed by atoms with E-state index in [9.17, 15) is 4.39 Å². The Labute approximate surface area is 107 Å². The van der Waals surface area contributed by atoms with Crippen molar-refractivity contribution in [1.29, 1.82) is 0 Å². The van der Waals surface area contributed by atoms with Gasteiger partial charge in [0, 0.05) is 17.1 Å². The number of halogens is 2. The van der Waals surface area contributed by atoms with Gasteiger partial charge >= 0.3 is 0 Å². The average Bonchev–Trinajstić information content (AvgIpc) is 2.41. The summed E-state index contributed by atoms with van der Waals surface area (Å²) in [6, 6.07) is 9.22. The van der Waals surface area contributed by atoms with Crippen molar-refractivity contribution < 1.29 is 4.39 Å². The highest BCUT2D eigenvalue weighted by Gasteiger charge is 2.09. The molecule has 5 heteroatoms. The predicted octanol–water partition coefficient (Wildman–Crippen LogP) is 3.48. The Bertz CT molecular complexity index is 730. The number of fused-ring (bicyclic) bond motifs is 1. The summed E-state index contributed by atoms with van der Waals surface area (Å²) in [4.78, 5) is 11.7. The first-order chi connectivity index (χ1) is 8.74. The van der Waals surface area contributed by atoms with Gasteiger partial charge in [0.05, 0.1) is 11.7 Å². The van der Waals surface area contributed by atoms with Crippen LogP contribution < -0.4 is 0 Å². The zero-order valence-electron chi connectivity index (χ0n) is 9.14. The molecule has 0 aliphatic rings. The van der Waals surface area contributed by atoms with Gasteiger partial charge in [-0.3, -0.25) is 4.98 Å². The lowest BCUT2D eigenvalue weighted by Gasteiger charge is -2.04. The molecule has 88 valence electrons. The van der Waals surface area contributed by atoms with Crippen molar-refractivity contribution in [1.82, 2.24) is 15.0 Å². The molecule has 0 saturated heterocycles. The molecule has 3 aromatic rings. The molecule has 0 aliphatic carbocycles. The van der Waals surface area contributed by atoms with E-state index in [2.05, 4.69) is 15.0 Å². The monoisotopic (exact) mass is 259 g/mol. The molecule has 0 amide bonds. The molecule has 0 unspecified atom stereocenters. The summed E-state index contributed by atoms with van der Waals surface area (Å²) in [7, 11) is 0. The normalized spacial score (nSPS) is 10.8. The highest BCUT2D eigenvalue weighted by Crippen LogP contribution is 2.24. The Morgan fingerprint density at radius 3 is 2.89 bits per heavy atom. The van der Waals surface area contributed by atoms with Crippen LogP contribution in [0.5, 0.6) is 0 Å². The largest absolute Gasteiger partial charge is 0.256 e. The van der Waals surface area contributed by atoms with Gasteiger partial charge in [0.15, 0.2) is 5.82 Å². The van der Waals surface area contributed by atoms with E-state index in [0.717, 1.165) is 17.1 Å². The Morgan fingerprint density at radius 1 is 1.11 bits per heavy atom. The molecule has 2 aromatic heterocycles. The fraction of sp³-hybridized carbons (Fsp3) is 0. The second-order valence-electron chi connectivity index (χ2n) is 3.75. The predicted molar refractivity (Wildman–Crippen MR) is 67.7 cm³/mol. The molecular formula is C13H7ClFN3. The van der Waals surface area contributed by atoms with Gasteiger partial charge in [-0.25, -0.2) is 14.4 Å². The molecule has 1 aromatic carbocycles. The lowest BCUT2D eigenvalue weighted by atomic mass is 10.1. The average molecular weight is 260 g/mol. The van der Waals surface area contributed by atoms with Gasteiger partial charge in [0.2, 0.25) is 5.28 Å². The van der Waals surface area contributed by atoms with Gasteiger partial charge in [0.25, 0.3) is 0 Å². The van der Waals surface area contributed by atoms with Crippen molar-refractivity contribution in [3.63, 3.8) is 0 Å². The van der Waals surface area contributed by atoms with Gasteiger partial charge in [-0.15, -0.1) is 0 Å². The molecule has 0 bridgehead atoms. The molecule has 3 rings (SSSR count). The SMILES string of the molecule is Fc1cnc(Cl)nc1-c1ccc2cccnc2c1. The quantitative estimate of drug-likeness (QED) is 0.628. The third kappa shape index (κ3) is 1.91. The molecule has 0 radical (unpaired) electrons. The summed E-state index contributed by atoms with van der Waals surface area (Å²) in [6.45, 7) is 0. The summed E-state index contributed by atoms with van der Waals surface area (Å²) in [5.74, 6) is -0.505. The minimum absolute atomic E-state index is 0.0208. The van der Waals surface area contributed by atoms with E-state index in [1.165, 1.54) is 0 Å². The van der Waals surface area contributed by atoms with Crippen LogP contribution in [0.2, 0.25) is 5.28 Å². The van der Waals surface area contributed by atoms with E-state index in [-0.39, 0.29) is 11.0 Å². The van der Waals surface area contributed by atoms with E-state index in [0.29, 0.717) is 5.56 Å². The van der Waals surface area contributed by atoms with Crippen molar-refractivity contribution in [2.24, 2.45) is 0 Å². The molecule has 3 nitrogen and oxygen atoms in total. The van der Waals surface area contributed by atoms with Crippen LogP contribution in [-0.4, -0.2) is 15.0 Å². The molecule has 18 heavy (non-hydrogen) atoms. The smallest absolute Gasteiger partial charge is 0.223 e. The van der Waals surface area contributed by atoms with Gasteiger partial charge < -0.3 is 0 Å². The number of benzene rings is 1. The lowest BCUT2D eigenvalue weighted by Crippen LogP contribution is -1.92. The molecule has 0 fully saturated rings. The fourth-order valence-electron chi connectivity index (χ4n) is 1.76. The number of hydrogen-bond donors (Lipinski definition) is 0. The number of rotatable bonds is 1. The first-order valence-electron chi connectivity index (χ1n) is 5.27. The third-order valence-corrected chi connectivity index (χ3v) is 2.78. The van der Waals surface area contributed by atoms with E-state index >= 15 is 0 Å². The molecule has 0 atom stereocenters. The standard InChI is InChI=1S/C13H7ClFN3/c14-13-17-7-10(15)12(18-13)9-4-3-8-2-1-5-16-11(8)6-9/h1-7H. The first kappa shape index (κ1) is 11.0. The van der Waals surface area contributed by atoms with Crippen LogP contribution in [0.15, 0.2) is 42.7 Å². The first-order valence-corrected chi connectivity index (χ1v) is 5.65. The number of hydrogen-bond acceptors (Lipinski definition) is 3. The number of aromatic nitrogens is 3. The zero-order valence-corrected chi connectivity index (χ0v) is 9.89. The summed E-state index contributed by atoms with van der Waals surface area (Å²) >= 11 is 5.68. The Kier molecular flexibility index (Phi) is 2.64. The van der Waals surface area contributed by atoms with Crippen molar-refractivity contribution in [3.05, 3.63) is 53.8 Å².